The lowest BCUT2D eigenvalue weighted by atomic mass is 10.2. The summed E-state index contributed by atoms with van der Waals surface area (Å²) in [6.07, 6.45) is 4.22. The third-order valence-electron chi connectivity index (χ3n) is 2.84. The van der Waals surface area contributed by atoms with E-state index < -0.39 is 0 Å². The van der Waals surface area contributed by atoms with Crippen molar-refractivity contribution in [2.75, 3.05) is 11.1 Å². The van der Waals surface area contributed by atoms with Crippen LogP contribution in [0, 0.1) is 6.92 Å². The molecule has 0 amide bonds. The highest BCUT2D eigenvalue weighted by molar-refractivity contribution is 7.13. The van der Waals surface area contributed by atoms with Gasteiger partial charge in [0.15, 0.2) is 5.13 Å². The topological polar surface area (TPSA) is 63.8 Å². The third-order valence-corrected chi connectivity index (χ3v) is 3.62. The number of hydrogen-bond donors (Lipinski definition) is 2. The summed E-state index contributed by atoms with van der Waals surface area (Å²) in [7, 11) is 0. The molecule has 4 nitrogen and oxygen atoms in total. The summed E-state index contributed by atoms with van der Waals surface area (Å²) < 4.78 is 0. The van der Waals surface area contributed by atoms with Crippen molar-refractivity contribution in [1.29, 1.82) is 0 Å². The summed E-state index contributed by atoms with van der Waals surface area (Å²) >= 11 is 1.63. The molecule has 88 valence electrons. The van der Waals surface area contributed by atoms with Gasteiger partial charge in [0.1, 0.15) is 5.82 Å². The Morgan fingerprint density at radius 3 is 3.00 bits per heavy atom. The number of nitrogen functional groups attached to an aromatic ring is 1. The number of rotatable bonds is 3. The third kappa shape index (κ3) is 2.24. The fourth-order valence-electron chi connectivity index (χ4n) is 1.74. The summed E-state index contributed by atoms with van der Waals surface area (Å²) in [6.45, 7) is 1.99. The van der Waals surface area contributed by atoms with Gasteiger partial charge in [-0.2, -0.15) is 0 Å². The van der Waals surface area contributed by atoms with E-state index in [1.54, 1.807) is 17.5 Å². The molecule has 0 spiro atoms. The molecule has 0 unspecified atom stereocenters. The number of thiazole rings is 1. The van der Waals surface area contributed by atoms with Crippen LogP contribution < -0.4 is 11.1 Å². The molecule has 3 N–H and O–H groups in total. The van der Waals surface area contributed by atoms with Crippen LogP contribution in [-0.2, 0) is 0 Å². The molecule has 0 atom stereocenters. The Bertz CT molecular complexity index is 545. The van der Waals surface area contributed by atoms with Crippen molar-refractivity contribution in [2.45, 2.75) is 25.7 Å². The number of hydrogen-bond acceptors (Lipinski definition) is 5. The summed E-state index contributed by atoms with van der Waals surface area (Å²) in [4.78, 5) is 8.84. The van der Waals surface area contributed by atoms with E-state index in [1.807, 2.05) is 13.0 Å². The number of nitrogens with zero attached hydrogens (tertiary/aromatic N) is 2. The summed E-state index contributed by atoms with van der Waals surface area (Å²) in [5.74, 6) is 1.53. The van der Waals surface area contributed by atoms with Crippen LogP contribution in [0.4, 0.5) is 16.6 Å². The zero-order chi connectivity index (χ0) is 11.8. The van der Waals surface area contributed by atoms with Gasteiger partial charge in [0.2, 0.25) is 0 Å². The molecule has 2 aromatic heterocycles. The minimum Gasteiger partial charge on any atom is -0.397 e. The number of aromatic nitrogens is 2. The van der Waals surface area contributed by atoms with E-state index in [0.717, 1.165) is 16.5 Å². The van der Waals surface area contributed by atoms with E-state index in [1.165, 1.54) is 18.5 Å². The van der Waals surface area contributed by atoms with Gasteiger partial charge in [-0.05, 0) is 31.4 Å². The van der Waals surface area contributed by atoms with E-state index in [4.69, 9.17) is 5.73 Å². The maximum atomic E-state index is 5.67. The van der Waals surface area contributed by atoms with Crippen LogP contribution in [-0.4, -0.2) is 9.97 Å². The van der Waals surface area contributed by atoms with Gasteiger partial charge >= 0.3 is 0 Å². The molecule has 0 aromatic carbocycles. The first-order chi connectivity index (χ1) is 8.22. The highest BCUT2D eigenvalue weighted by Crippen LogP contribution is 2.41. The molecule has 0 aliphatic heterocycles. The zero-order valence-corrected chi connectivity index (χ0v) is 10.4. The molecule has 1 fully saturated rings. The first-order valence-corrected chi connectivity index (χ1v) is 6.55. The molecule has 2 aromatic rings. The van der Waals surface area contributed by atoms with Crippen molar-refractivity contribution in [3.8, 4) is 0 Å². The zero-order valence-electron chi connectivity index (χ0n) is 9.60. The largest absolute Gasteiger partial charge is 0.397 e. The molecular weight excluding hydrogens is 232 g/mol. The van der Waals surface area contributed by atoms with Crippen molar-refractivity contribution >= 4 is 28.0 Å². The quantitative estimate of drug-likeness (QED) is 0.873. The highest BCUT2D eigenvalue weighted by Gasteiger charge is 2.26. The fourth-order valence-corrected chi connectivity index (χ4v) is 2.53. The number of anilines is 3. The van der Waals surface area contributed by atoms with E-state index in [9.17, 15) is 0 Å². The highest BCUT2D eigenvalue weighted by atomic mass is 32.1. The Kier molecular flexibility index (Phi) is 2.48. The van der Waals surface area contributed by atoms with Crippen LogP contribution >= 0.6 is 11.3 Å². The lowest BCUT2D eigenvalue weighted by Crippen LogP contribution is -1.98. The molecule has 2 heterocycles. The van der Waals surface area contributed by atoms with E-state index in [0.29, 0.717) is 11.6 Å². The van der Waals surface area contributed by atoms with Gasteiger partial charge in [-0.15, -0.1) is 11.3 Å². The molecule has 1 saturated carbocycles. The Balaban J connectivity index is 1.80. The summed E-state index contributed by atoms with van der Waals surface area (Å²) in [5, 5.41) is 6.28. The van der Waals surface area contributed by atoms with Crippen molar-refractivity contribution in [3.63, 3.8) is 0 Å². The number of nitrogens with two attached hydrogens (primary N) is 1. The second kappa shape index (κ2) is 4.00. The van der Waals surface area contributed by atoms with Gasteiger partial charge in [-0.1, -0.05) is 0 Å². The van der Waals surface area contributed by atoms with Crippen molar-refractivity contribution in [1.82, 2.24) is 9.97 Å². The number of nitrogens with one attached hydrogen (secondary N) is 1. The van der Waals surface area contributed by atoms with Crippen LogP contribution in [0.1, 0.15) is 30.0 Å². The first-order valence-electron chi connectivity index (χ1n) is 5.67. The minimum absolute atomic E-state index is 0.686. The van der Waals surface area contributed by atoms with Gasteiger partial charge in [0.05, 0.1) is 17.6 Å². The normalized spacial score (nSPS) is 14.9. The average Bonchev–Trinajstić information content (AvgIpc) is 3.04. The van der Waals surface area contributed by atoms with E-state index >= 15 is 0 Å². The van der Waals surface area contributed by atoms with Crippen LogP contribution in [0.5, 0.6) is 0 Å². The smallest absolute Gasteiger partial charge is 0.188 e. The van der Waals surface area contributed by atoms with Crippen molar-refractivity contribution in [2.24, 2.45) is 0 Å². The molecule has 17 heavy (non-hydrogen) atoms. The van der Waals surface area contributed by atoms with Crippen LogP contribution in [0.2, 0.25) is 0 Å². The predicted molar refractivity (Wildman–Crippen MR) is 70.8 cm³/mol. The van der Waals surface area contributed by atoms with Gasteiger partial charge < -0.3 is 11.1 Å². The second-order valence-electron chi connectivity index (χ2n) is 4.41. The first kappa shape index (κ1) is 10.5. The van der Waals surface area contributed by atoms with Gasteiger partial charge in [0.25, 0.3) is 0 Å². The SMILES string of the molecule is Cc1cc(N)cnc1Nc1nc(C2CC2)cs1. The molecule has 0 bridgehead atoms. The Morgan fingerprint density at radius 1 is 1.47 bits per heavy atom. The van der Waals surface area contributed by atoms with Gasteiger partial charge in [-0.25, -0.2) is 9.97 Å². The summed E-state index contributed by atoms with van der Waals surface area (Å²) in [6, 6.07) is 1.91. The molecule has 5 heteroatoms. The monoisotopic (exact) mass is 246 g/mol. The predicted octanol–water partition coefficient (Wildman–Crippen LogP) is 3.05. The van der Waals surface area contributed by atoms with E-state index in [2.05, 4.69) is 20.7 Å². The lowest BCUT2D eigenvalue weighted by Gasteiger charge is -2.05. The second-order valence-corrected chi connectivity index (χ2v) is 5.27. The molecule has 0 saturated heterocycles. The Labute approximate surface area is 104 Å². The Hall–Kier alpha value is -1.62. The number of pyridine rings is 1. The van der Waals surface area contributed by atoms with Crippen LogP contribution in [0.3, 0.4) is 0 Å². The van der Waals surface area contributed by atoms with Crippen molar-refractivity contribution < 1.29 is 0 Å². The molecule has 1 aliphatic carbocycles. The molecular formula is C12H14N4S. The Morgan fingerprint density at radius 2 is 2.29 bits per heavy atom. The van der Waals surface area contributed by atoms with Crippen LogP contribution in [0.15, 0.2) is 17.6 Å². The minimum atomic E-state index is 0.686. The van der Waals surface area contributed by atoms with Crippen molar-refractivity contribution in [3.05, 3.63) is 28.9 Å². The average molecular weight is 246 g/mol. The van der Waals surface area contributed by atoms with Gasteiger partial charge in [-0.3, -0.25) is 0 Å². The summed E-state index contributed by atoms with van der Waals surface area (Å²) in [5.41, 5.74) is 8.60. The molecule has 3 rings (SSSR count). The maximum Gasteiger partial charge on any atom is 0.188 e. The maximum absolute atomic E-state index is 5.67. The van der Waals surface area contributed by atoms with Gasteiger partial charge in [0, 0.05) is 11.3 Å². The lowest BCUT2D eigenvalue weighted by molar-refractivity contribution is 1.05. The fraction of sp³-hybridized carbons (Fsp3) is 0.333. The molecule has 0 radical (unpaired) electrons. The van der Waals surface area contributed by atoms with Crippen LogP contribution in [0.25, 0.3) is 0 Å². The van der Waals surface area contributed by atoms with E-state index in [-0.39, 0.29) is 0 Å². The number of aryl methyl sites for hydroxylation is 1. The standard InChI is InChI=1S/C12H14N4S/c1-7-4-9(13)5-14-11(7)16-12-15-10(6-17-12)8-2-3-8/h4-6,8H,2-3,13H2,1H3,(H,14,15,16). The molecule has 1 aliphatic rings.